The van der Waals surface area contributed by atoms with Gasteiger partial charge in [0.2, 0.25) is 0 Å². The second-order valence-electron chi connectivity index (χ2n) is 4.98. The molecule has 0 saturated heterocycles. The molecule has 0 saturated carbocycles. The third kappa shape index (κ3) is 3.55. The molecule has 0 heterocycles. The summed E-state index contributed by atoms with van der Waals surface area (Å²) < 4.78 is 5.04. The Balaban J connectivity index is 2.02. The number of hydrogen-bond donors (Lipinski definition) is 2. The summed E-state index contributed by atoms with van der Waals surface area (Å²) >= 11 is 0. The Morgan fingerprint density at radius 1 is 1.42 bits per heavy atom. The number of aryl methyl sites for hydroxylation is 2. The normalized spacial score (nSPS) is 15.1. The van der Waals surface area contributed by atoms with Gasteiger partial charge < -0.3 is 15.2 Å². The van der Waals surface area contributed by atoms with Gasteiger partial charge in [0.25, 0.3) is 5.91 Å². The molecule has 19 heavy (non-hydrogen) atoms. The van der Waals surface area contributed by atoms with Crippen LogP contribution in [0.15, 0.2) is 18.2 Å². The molecular formula is C15H21NO3. The minimum Gasteiger partial charge on any atom is -0.396 e. The fraction of sp³-hybridized carbons (Fsp3) is 0.533. The van der Waals surface area contributed by atoms with Crippen molar-refractivity contribution in [1.29, 1.82) is 0 Å². The average molecular weight is 263 g/mol. The van der Waals surface area contributed by atoms with Gasteiger partial charge in [-0.2, -0.15) is 0 Å². The van der Waals surface area contributed by atoms with E-state index in [0.717, 1.165) is 12.8 Å². The SMILES string of the molecule is COCC(CCO)NC(=O)c1ccc2c(c1)CCC2. The molecule has 1 unspecified atom stereocenters. The first-order chi connectivity index (χ1) is 9.24. The molecule has 2 N–H and O–H groups in total. The lowest BCUT2D eigenvalue weighted by Crippen LogP contribution is -2.38. The van der Waals surface area contributed by atoms with Crippen molar-refractivity contribution in [1.82, 2.24) is 5.32 Å². The van der Waals surface area contributed by atoms with Gasteiger partial charge in [-0.25, -0.2) is 0 Å². The topological polar surface area (TPSA) is 58.6 Å². The summed E-state index contributed by atoms with van der Waals surface area (Å²) in [6.07, 6.45) is 3.87. The molecule has 0 radical (unpaired) electrons. The highest BCUT2D eigenvalue weighted by Crippen LogP contribution is 2.22. The van der Waals surface area contributed by atoms with Crippen LogP contribution in [0.4, 0.5) is 0 Å². The van der Waals surface area contributed by atoms with Crippen molar-refractivity contribution in [3.8, 4) is 0 Å². The number of carbonyl (C=O) groups excluding carboxylic acids is 1. The molecule has 1 aromatic rings. The smallest absolute Gasteiger partial charge is 0.251 e. The Hall–Kier alpha value is -1.39. The molecule has 1 aliphatic carbocycles. The van der Waals surface area contributed by atoms with E-state index in [1.165, 1.54) is 17.5 Å². The third-order valence-electron chi connectivity index (χ3n) is 3.54. The van der Waals surface area contributed by atoms with E-state index in [0.29, 0.717) is 18.6 Å². The minimum atomic E-state index is -0.143. The van der Waals surface area contributed by atoms with E-state index in [1.807, 2.05) is 12.1 Å². The first-order valence-corrected chi connectivity index (χ1v) is 6.77. The van der Waals surface area contributed by atoms with Crippen LogP contribution >= 0.6 is 0 Å². The summed E-state index contributed by atoms with van der Waals surface area (Å²) in [5, 5.41) is 11.9. The molecule has 1 aliphatic rings. The van der Waals surface area contributed by atoms with Gasteiger partial charge in [-0.15, -0.1) is 0 Å². The number of nitrogens with one attached hydrogen (secondary N) is 1. The maximum Gasteiger partial charge on any atom is 0.251 e. The molecule has 0 aromatic heterocycles. The van der Waals surface area contributed by atoms with Crippen LogP contribution in [-0.2, 0) is 17.6 Å². The Kier molecular flexibility index (Phi) is 4.93. The van der Waals surface area contributed by atoms with E-state index in [-0.39, 0.29) is 18.6 Å². The molecule has 0 bridgehead atoms. The second kappa shape index (κ2) is 6.68. The number of benzene rings is 1. The highest BCUT2D eigenvalue weighted by atomic mass is 16.5. The van der Waals surface area contributed by atoms with E-state index in [9.17, 15) is 4.79 Å². The number of amides is 1. The van der Waals surface area contributed by atoms with E-state index in [2.05, 4.69) is 11.4 Å². The van der Waals surface area contributed by atoms with Crippen LogP contribution < -0.4 is 5.32 Å². The molecule has 1 aromatic carbocycles. The zero-order valence-electron chi connectivity index (χ0n) is 11.3. The first kappa shape index (κ1) is 14.0. The molecule has 0 aliphatic heterocycles. The standard InChI is InChI=1S/C15H21NO3/c1-19-10-14(7-8-17)16-15(18)13-6-5-11-3-2-4-12(11)9-13/h5-6,9,14,17H,2-4,7-8,10H2,1H3,(H,16,18). The number of rotatable bonds is 6. The Bertz CT molecular complexity index is 439. The van der Waals surface area contributed by atoms with Crippen LogP contribution in [0, 0.1) is 0 Å². The van der Waals surface area contributed by atoms with Crippen LogP contribution in [0.1, 0.15) is 34.3 Å². The summed E-state index contributed by atoms with van der Waals surface area (Å²) in [6, 6.07) is 5.77. The maximum absolute atomic E-state index is 12.2. The van der Waals surface area contributed by atoms with E-state index in [1.54, 1.807) is 7.11 Å². The number of hydrogen-bond acceptors (Lipinski definition) is 3. The molecule has 1 amide bonds. The van der Waals surface area contributed by atoms with Gasteiger partial charge in [-0.3, -0.25) is 4.79 Å². The van der Waals surface area contributed by atoms with Crippen molar-refractivity contribution in [3.05, 3.63) is 34.9 Å². The molecule has 4 nitrogen and oxygen atoms in total. The zero-order valence-corrected chi connectivity index (χ0v) is 11.3. The van der Waals surface area contributed by atoms with Crippen molar-refractivity contribution < 1.29 is 14.6 Å². The van der Waals surface area contributed by atoms with Crippen molar-refractivity contribution >= 4 is 5.91 Å². The van der Waals surface area contributed by atoms with E-state index < -0.39 is 0 Å². The zero-order chi connectivity index (χ0) is 13.7. The van der Waals surface area contributed by atoms with Crippen LogP contribution in [0.25, 0.3) is 0 Å². The predicted octanol–water partition coefficient (Wildman–Crippen LogP) is 1.30. The van der Waals surface area contributed by atoms with Crippen LogP contribution in [0.2, 0.25) is 0 Å². The van der Waals surface area contributed by atoms with Gasteiger partial charge in [0.15, 0.2) is 0 Å². The summed E-state index contributed by atoms with van der Waals surface area (Å²) in [6.45, 7) is 0.454. The number of methoxy groups -OCH3 is 1. The number of aliphatic hydroxyl groups excluding tert-OH is 1. The van der Waals surface area contributed by atoms with Crippen LogP contribution in [-0.4, -0.2) is 37.4 Å². The summed E-state index contributed by atoms with van der Waals surface area (Å²) in [4.78, 5) is 12.2. The summed E-state index contributed by atoms with van der Waals surface area (Å²) in [5.41, 5.74) is 3.35. The quantitative estimate of drug-likeness (QED) is 0.813. The summed E-state index contributed by atoms with van der Waals surface area (Å²) in [7, 11) is 1.59. The van der Waals surface area contributed by atoms with Gasteiger partial charge in [0.05, 0.1) is 12.6 Å². The largest absolute Gasteiger partial charge is 0.396 e. The van der Waals surface area contributed by atoms with Crippen molar-refractivity contribution in [2.45, 2.75) is 31.7 Å². The molecule has 1 atom stereocenters. The van der Waals surface area contributed by atoms with Gasteiger partial charge in [-0.05, 0) is 48.9 Å². The summed E-state index contributed by atoms with van der Waals surface area (Å²) in [5.74, 6) is -0.0924. The van der Waals surface area contributed by atoms with Crippen molar-refractivity contribution in [2.75, 3.05) is 20.3 Å². The molecule has 2 rings (SSSR count). The maximum atomic E-state index is 12.2. The molecule has 4 heteroatoms. The first-order valence-electron chi connectivity index (χ1n) is 6.77. The van der Waals surface area contributed by atoms with Crippen LogP contribution in [0.3, 0.4) is 0 Å². The predicted molar refractivity (Wildman–Crippen MR) is 73.3 cm³/mol. The van der Waals surface area contributed by atoms with Gasteiger partial charge in [0.1, 0.15) is 0 Å². The number of ether oxygens (including phenoxy) is 1. The van der Waals surface area contributed by atoms with Crippen LogP contribution in [0.5, 0.6) is 0 Å². The molecule has 104 valence electrons. The lowest BCUT2D eigenvalue weighted by atomic mass is 10.1. The van der Waals surface area contributed by atoms with Gasteiger partial charge in [-0.1, -0.05) is 6.07 Å². The average Bonchev–Trinajstić information content (AvgIpc) is 2.86. The molecule has 0 spiro atoms. The highest BCUT2D eigenvalue weighted by molar-refractivity contribution is 5.94. The third-order valence-corrected chi connectivity index (χ3v) is 3.54. The lowest BCUT2D eigenvalue weighted by Gasteiger charge is -2.17. The van der Waals surface area contributed by atoms with Gasteiger partial charge in [0, 0.05) is 19.3 Å². The van der Waals surface area contributed by atoms with Crippen molar-refractivity contribution in [2.24, 2.45) is 0 Å². The fourth-order valence-electron chi connectivity index (χ4n) is 2.54. The van der Waals surface area contributed by atoms with E-state index in [4.69, 9.17) is 9.84 Å². The lowest BCUT2D eigenvalue weighted by molar-refractivity contribution is 0.0878. The Morgan fingerprint density at radius 3 is 2.95 bits per heavy atom. The van der Waals surface area contributed by atoms with Crippen molar-refractivity contribution in [3.63, 3.8) is 0 Å². The fourth-order valence-corrected chi connectivity index (χ4v) is 2.54. The van der Waals surface area contributed by atoms with E-state index >= 15 is 0 Å². The Labute approximate surface area is 113 Å². The van der Waals surface area contributed by atoms with Gasteiger partial charge >= 0.3 is 0 Å². The number of carbonyl (C=O) groups is 1. The monoisotopic (exact) mass is 263 g/mol. The molecular weight excluding hydrogens is 242 g/mol. The second-order valence-corrected chi connectivity index (χ2v) is 4.98. The minimum absolute atomic E-state index is 0.0402. The number of fused-ring (bicyclic) bond motifs is 1. The number of aliphatic hydroxyl groups is 1. The highest BCUT2D eigenvalue weighted by Gasteiger charge is 2.16. The Morgan fingerprint density at radius 2 is 2.21 bits per heavy atom. The molecule has 0 fully saturated rings.